The van der Waals surface area contributed by atoms with Crippen LogP contribution in [0, 0.1) is 0 Å². The van der Waals surface area contributed by atoms with Crippen LogP contribution in [0.15, 0.2) is 28.8 Å². The van der Waals surface area contributed by atoms with Crippen LogP contribution in [0.2, 0.25) is 0 Å². The molecular weight excluding hydrogens is 204 g/mol. The predicted molar refractivity (Wildman–Crippen MR) is 60.4 cm³/mol. The van der Waals surface area contributed by atoms with Crippen molar-refractivity contribution in [2.75, 3.05) is 11.9 Å². The van der Waals surface area contributed by atoms with E-state index in [-0.39, 0.29) is 5.75 Å². The molecule has 1 aliphatic rings. The number of phenols is 1. The van der Waals surface area contributed by atoms with Gasteiger partial charge in [-0.2, -0.15) is 0 Å². The highest BCUT2D eigenvalue weighted by Crippen LogP contribution is 2.33. The average Bonchev–Trinajstić information content (AvgIpc) is 2.72. The molecule has 3 rings (SSSR count). The number of aromatic hydroxyl groups is 1. The van der Waals surface area contributed by atoms with Crippen molar-refractivity contribution in [2.24, 2.45) is 0 Å². The summed E-state index contributed by atoms with van der Waals surface area (Å²) in [5, 5.41) is 16.7. The van der Waals surface area contributed by atoms with Crippen LogP contribution in [0.4, 0.5) is 5.88 Å². The van der Waals surface area contributed by atoms with E-state index >= 15 is 0 Å². The Morgan fingerprint density at radius 1 is 1.38 bits per heavy atom. The van der Waals surface area contributed by atoms with E-state index < -0.39 is 0 Å². The molecule has 2 aromatic rings. The van der Waals surface area contributed by atoms with Gasteiger partial charge in [-0.25, -0.2) is 0 Å². The van der Waals surface area contributed by atoms with Gasteiger partial charge in [0.05, 0.1) is 0 Å². The highest BCUT2D eigenvalue weighted by molar-refractivity contribution is 5.69. The zero-order chi connectivity index (χ0) is 11.0. The molecule has 82 valence electrons. The first-order chi connectivity index (χ1) is 7.84. The Balaban J connectivity index is 2.09. The van der Waals surface area contributed by atoms with Crippen molar-refractivity contribution in [3.05, 3.63) is 29.8 Å². The number of benzene rings is 1. The van der Waals surface area contributed by atoms with Crippen LogP contribution in [0.5, 0.6) is 5.75 Å². The Bertz CT molecular complexity index is 519. The topological polar surface area (TPSA) is 58.3 Å². The molecule has 0 aliphatic carbocycles. The van der Waals surface area contributed by atoms with Crippen LogP contribution >= 0.6 is 0 Å². The monoisotopic (exact) mass is 216 g/mol. The summed E-state index contributed by atoms with van der Waals surface area (Å²) in [4.78, 5) is 0. The van der Waals surface area contributed by atoms with E-state index in [1.807, 2.05) is 12.1 Å². The van der Waals surface area contributed by atoms with E-state index in [0.717, 1.165) is 42.1 Å². The fourth-order valence-corrected chi connectivity index (χ4v) is 2.03. The Morgan fingerprint density at radius 2 is 2.31 bits per heavy atom. The van der Waals surface area contributed by atoms with Crippen LogP contribution < -0.4 is 5.32 Å². The van der Waals surface area contributed by atoms with Gasteiger partial charge in [0, 0.05) is 17.7 Å². The minimum Gasteiger partial charge on any atom is -0.508 e. The number of rotatable bonds is 1. The molecule has 4 nitrogen and oxygen atoms in total. The Morgan fingerprint density at radius 3 is 3.19 bits per heavy atom. The zero-order valence-corrected chi connectivity index (χ0v) is 8.73. The van der Waals surface area contributed by atoms with Crippen molar-refractivity contribution >= 4 is 5.88 Å². The van der Waals surface area contributed by atoms with Gasteiger partial charge in [0.2, 0.25) is 5.88 Å². The van der Waals surface area contributed by atoms with Crippen LogP contribution in [0.3, 0.4) is 0 Å². The van der Waals surface area contributed by atoms with E-state index in [4.69, 9.17) is 4.52 Å². The van der Waals surface area contributed by atoms with Crippen molar-refractivity contribution in [1.29, 1.82) is 0 Å². The maximum absolute atomic E-state index is 9.44. The number of nitrogens with zero attached hydrogens (tertiary/aromatic N) is 1. The number of hydrogen-bond acceptors (Lipinski definition) is 4. The molecule has 1 aliphatic heterocycles. The second-order valence-electron chi connectivity index (χ2n) is 3.92. The van der Waals surface area contributed by atoms with Gasteiger partial charge in [0.25, 0.3) is 0 Å². The summed E-state index contributed by atoms with van der Waals surface area (Å²) < 4.78 is 5.24. The van der Waals surface area contributed by atoms with E-state index in [0.29, 0.717) is 0 Å². The number of fused-ring (bicyclic) bond motifs is 1. The lowest BCUT2D eigenvalue weighted by Crippen LogP contribution is -2.09. The summed E-state index contributed by atoms with van der Waals surface area (Å²) in [6.45, 7) is 0.932. The maximum atomic E-state index is 9.44. The van der Waals surface area contributed by atoms with E-state index in [2.05, 4.69) is 10.5 Å². The second-order valence-corrected chi connectivity index (χ2v) is 3.92. The molecule has 0 radical (unpaired) electrons. The molecule has 0 atom stereocenters. The molecule has 2 heterocycles. The standard InChI is InChI=1S/C12H12N2O2/c15-9-4-1-3-8(7-9)11-10-5-2-6-13-12(10)16-14-11/h1,3-4,7,13,15H,2,5-6H2. The van der Waals surface area contributed by atoms with Crippen LogP contribution in [-0.4, -0.2) is 16.8 Å². The number of phenolic OH excluding ortho intramolecular Hbond substituents is 1. The molecule has 4 heteroatoms. The normalized spacial score (nSPS) is 14.2. The van der Waals surface area contributed by atoms with Crippen molar-refractivity contribution in [3.8, 4) is 17.0 Å². The van der Waals surface area contributed by atoms with Crippen molar-refractivity contribution in [2.45, 2.75) is 12.8 Å². The molecule has 16 heavy (non-hydrogen) atoms. The lowest BCUT2D eigenvalue weighted by Gasteiger charge is -2.11. The summed E-state index contributed by atoms with van der Waals surface area (Å²) in [6, 6.07) is 7.08. The van der Waals surface area contributed by atoms with Gasteiger partial charge >= 0.3 is 0 Å². The van der Waals surface area contributed by atoms with E-state index in [9.17, 15) is 5.11 Å². The molecule has 0 fully saturated rings. The molecule has 0 bridgehead atoms. The summed E-state index contributed by atoms with van der Waals surface area (Å²) >= 11 is 0. The third-order valence-corrected chi connectivity index (χ3v) is 2.80. The molecule has 0 saturated carbocycles. The lowest BCUT2D eigenvalue weighted by molar-refractivity contribution is 0.431. The van der Waals surface area contributed by atoms with E-state index in [1.54, 1.807) is 12.1 Å². The number of anilines is 1. The smallest absolute Gasteiger partial charge is 0.228 e. The molecule has 0 amide bonds. The first kappa shape index (κ1) is 9.27. The van der Waals surface area contributed by atoms with Crippen molar-refractivity contribution in [1.82, 2.24) is 5.16 Å². The molecule has 0 unspecified atom stereocenters. The highest BCUT2D eigenvalue weighted by atomic mass is 16.5. The third kappa shape index (κ3) is 1.43. The van der Waals surface area contributed by atoms with Crippen LogP contribution in [0.25, 0.3) is 11.3 Å². The molecular formula is C12H12N2O2. The number of aromatic nitrogens is 1. The van der Waals surface area contributed by atoms with Gasteiger partial charge in [0.1, 0.15) is 11.4 Å². The quantitative estimate of drug-likeness (QED) is 0.768. The molecule has 1 aromatic heterocycles. The molecule has 1 aromatic carbocycles. The Hall–Kier alpha value is -1.97. The minimum absolute atomic E-state index is 0.248. The summed E-state index contributed by atoms with van der Waals surface area (Å²) in [7, 11) is 0. The molecule has 0 spiro atoms. The summed E-state index contributed by atoms with van der Waals surface area (Å²) in [5.74, 6) is 1.02. The zero-order valence-electron chi connectivity index (χ0n) is 8.73. The van der Waals surface area contributed by atoms with Crippen molar-refractivity contribution < 1.29 is 9.63 Å². The third-order valence-electron chi connectivity index (χ3n) is 2.80. The molecule has 0 saturated heterocycles. The first-order valence-electron chi connectivity index (χ1n) is 5.36. The number of hydrogen-bond donors (Lipinski definition) is 2. The van der Waals surface area contributed by atoms with Gasteiger partial charge in [-0.15, -0.1) is 0 Å². The second kappa shape index (κ2) is 3.56. The van der Waals surface area contributed by atoms with Gasteiger partial charge in [0.15, 0.2) is 0 Å². The average molecular weight is 216 g/mol. The Kier molecular flexibility index (Phi) is 2.06. The first-order valence-corrected chi connectivity index (χ1v) is 5.36. The Labute approximate surface area is 92.9 Å². The van der Waals surface area contributed by atoms with Crippen LogP contribution in [-0.2, 0) is 6.42 Å². The van der Waals surface area contributed by atoms with Crippen LogP contribution in [0.1, 0.15) is 12.0 Å². The SMILES string of the molecule is Oc1cccc(-c2noc3c2CCCN3)c1. The maximum Gasteiger partial charge on any atom is 0.228 e. The minimum atomic E-state index is 0.248. The predicted octanol–water partition coefficient (Wildman–Crippen LogP) is 2.41. The van der Waals surface area contributed by atoms with E-state index in [1.165, 1.54) is 0 Å². The van der Waals surface area contributed by atoms with Gasteiger partial charge in [-0.05, 0) is 25.0 Å². The number of nitrogens with one attached hydrogen (secondary N) is 1. The molecule has 2 N–H and O–H groups in total. The summed E-state index contributed by atoms with van der Waals surface area (Å²) in [5.41, 5.74) is 2.84. The largest absolute Gasteiger partial charge is 0.508 e. The van der Waals surface area contributed by atoms with Gasteiger partial charge in [-0.1, -0.05) is 17.3 Å². The lowest BCUT2D eigenvalue weighted by atomic mass is 10.0. The summed E-state index contributed by atoms with van der Waals surface area (Å²) in [6.07, 6.45) is 2.05. The van der Waals surface area contributed by atoms with Gasteiger partial charge < -0.3 is 14.9 Å². The van der Waals surface area contributed by atoms with Crippen molar-refractivity contribution in [3.63, 3.8) is 0 Å². The fourth-order valence-electron chi connectivity index (χ4n) is 2.03. The highest BCUT2D eigenvalue weighted by Gasteiger charge is 2.20. The fraction of sp³-hybridized carbons (Fsp3) is 0.250. The van der Waals surface area contributed by atoms with Gasteiger partial charge in [-0.3, -0.25) is 0 Å².